The Kier molecular flexibility index (Phi) is 5.40. The molecular formula is C8H8NNaO4. The number of carbonyl (C=O) groups excluding carboxylic acids is 1. The van der Waals surface area contributed by atoms with Gasteiger partial charge in [-0.1, -0.05) is 0 Å². The molecule has 0 saturated heterocycles. The minimum Gasteiger partial charge on any atom is -1.00 e. The van der Waals surface area contributed by atoms with Gasteiger partial charge in [-0.3, -0.25) is 0 Å². The van der Waals surface area contributed by atoms with Crippen LogP contribution >= 0.6 is 0 Å². The molecule has 0 fully saturated rings. The fraction of sp³-hybridized carbons (Fsp3) is 0. The molecule has 0 aliphatic rings. The number of hydrogen-bond acceptors (Lipinski definition) is 4. The Bertz CT molecular complexity index is 341. The average Bonchev–Trinajstić information content (AvgIpc) is 2.17. The van der Waals surface area contributed by atoms with Crippen LogP contribution in [0.1, 0.15) is 22.1 Å². The molecule has 14 heavy (non-hydrogen) atoms. The van der Waals surface area contributed by atoms with Gasteiger partial charge in [-0.25, -0.2) is 9.59 Å². The van der Waals surface area contributed by atoms with Gasteiger partial charge in [0, 0.05) is 0 Å². The minimum atomic E-state index is -1.05. The summed E-state index contributed by atoms with van der Waals surface area (Å²) in [5.41, 5.74) is 0.320. The Balaban J connectivity index is 0. The van der Waals surface area contributed by atoms with Crippen molar-refractivity contribution in [1.29, 1.82) is 0 Å². The summed E-state index contributed by atoms with van der Waals surface area (Å²) < 4.78 is 0. The molecule has 0 atom stereocenters. The second-order valence-electron chi connectivity index (χ2n) is 2.29. The third-order valence-corrected chi connectivity index (χ3v) is 1.47. The molecule has 0 radical (unpaired) electrons. The van der Waals surface area contributed by atoms with Crippen molar-refractivity contribution in [2.45, 2.75) is 0 Å². The molecule has 0 bridgehead atoms. The van der Waals surface area contributed by atoms with Gasteiger partial charge in [0.1, 0.15) is 0 Å². The standard InChI is InChI=1S/C8H7NO4.Na.H/c9-13-8(12)6-3-1-5(2-4-6)7(10)11;;/h1-4H,9H2,(H,10,11);;/q;+1;-1. The molecule has 0 spiro atoms. The van der Waals surface area contributed by atoms with Crippen LogP contribution in [0.15, 0.2) is 24.3 Å². The second kappa shape index (κ2) is 5.77. The van der Waals surface area contributed by atoms with Gasteiger partial charge >= 0.3 is 41.5 Å². The van der Waals surface area contributed by atoms with Crippen molar-refractivity contribution >= 4 is 11.9 Å². The van der Waals surface area contributed by atoms with Crippen LogP contribution in [0.25, 0.3) is 0 Å². The van der Waals surface area contributed by atoms with Gasteiger partial charge in [-0.2, -0.15) is 5.90 Å². The molecule has 6 heteroatoms. The predicted octanol–water partition coefficient (Wildman–Crippen LogP) is -2.47. The summed E-state index contributed by atoms with van der Waals surface area (Å²) in [5, 5.41) is 8.53. The van der Waals surface area contributed by atoms with Gasteiger partial charge in [0.25, 0.3) is 0 Å². The van der Waals surface area contributed by atoms with Crippen molar-refractivity contribution in [2.75, 3.05) is 0 Å². The Morgan fingerprint density at radius 2 is 1.64 bits per heavy atom. The normalized spacial score (nSPS) is 8.64. The van der Waals surface area contributed by atoms with Crippen LogP contribution in [0.3, 0.4) is 0 Å². The molecule has 1 aromatic rings. The number of carboxylic acids is 1. The van der Waals surface area contributed by atoms with Gasteiger partial charge in [0.2, 0.25) is 0 Å². The third-order valence-electron chi connectivity index (χ3n) is 1.47. The fourth-order valence-corrected chi connectivity index (χ4v) is 0.817. The van der Waals surface area contributed by atoms with Gasteiger partial charge in [-0.05, 0) is 24.3 Å². The second-order valence-corrected chi connectivity index (χ2v) is 2.29. The number of rotatable bonds is 2. The Morgan fingerprint density at radius 1 is 1.21 bits per heavy atom. The number of nitrogens with two attached hydrogens (primary N) is 1. The van der Waals surface area contributed by atoms with Gasteiger partial charge in [-0.15, -0.1) is 0 Å². The largest absolute Gasteiger partial charge is 1.00 e. The quantitative estimate of drug-likeness (QED) is 0.412. The summed E-state index contributed by atoms with van der Waals surface area (Å²) in [6.07, 6.45) is 0. The maximum Gasteiger partial charge on any atom is 1.00 e. The van der Waals surface area contributed by atoms with Crippen molar-refractivity contribution < 1.29 is 50.5 Å². The summed E-state index contributed by atoms with van der Waals surface area (Å²) in [6, 6.07) is 5.26. The minimum absolute atomic E-state index is 0. The summed E-state index contributed by atoms with van der Waals surface area (Å²) in [6.45, 7) is 0. The number of benzene rings is 1. The van der Waals surface area contributed by atoms with Crippen LogP contribution in [0.2, 0.25) is 0 Å². The number of hydrogen-bond donors (Lipinski definition) is 2. The zero-order valence-corrected chi connectivity index (χ0v) is 9.56. The van der Waals surface area contributed by atoms with E-state index in [-0.39, 0.29) is 42.1 Å². The molecule has 1 rings (SSSR count). The van der Waals surface area contributed by atoms with E-state index in [1.165, 1.54) is 24.3 Å². The smallest absolute Gasteiger partial charge is 1.00 e. The van der Waals surface area contributed by atoms with Crippen molar-refractivity contribution in [3.05, 3.63) is 35.4 Å². The topological polar surface area (TPSA) is 89.6 Å². The van der Waals surface area contributed by atoms with E-state index in [0.29, 0.717) is 0 Å². The molecule has 70 valence electrons. The average molecular weight is 205 g/mol. The number of aromatic carboxylic acids is 1. The van der Waals surface area contributed by atoms with Crippen molar-refractivity contribution in [3.63, 3.8) is 0 Å². The molecule has 1 aromatic carbocycles. The Morgan fingerprint density at radius 3 is 2.00 bits per heavy atom. The van der Waals surface area contributed by atoms with Crippen molar-refractivity contribution in [2.24, 2.45) is 5.90 Å². The molecule has 3 N–H and O–H groups in total. The van der Waals surface area contributed by atoms with Crippen LogP contribution in [0.4, 0.5) is 0 Å². The number of carbonyl (C=O) groups is 2. The summed E-state index contributed by atoms with van der Waals surface area (Å²) in [5.74, 6) is 2.89. The first-order chi connectivity index (χ1) is 6.15. The first kappa shape index (κ1) is 13.1. The van der Waals surface area contributed by atoms with Crippen LogP contribution in [-0.4, -0.2) is 17.0 Å². The predicted molar refractivity (Wildman–Crippen MR) is 44.1 cm³/mol. The van der Waals surface area contributed by atoms with E-state index in [1.807, 2.05) is 0 Å². The van der Waals surface area contributed by atoms with E-state index in [9.17, 15) is 9.59 Å². The molecular weight excluding hydrogens is 197 g/mol. The first-order valence-electron chi connectivity index (χ1n) is 3.39. The molecule has 0 amide bonds. The van der Waals surface area contributed by atoms with Gasteiger partial charge in [0.05, 0.1) is 11.1 Å². The third kappa shape index (κ3) is 3.12. The van der Waals surface area contributed by atoms with E-state index >= 15 is 0 Å². The SMILES string of the molecule is NOC(=O)c1ccc(C(=O)O)cc1.[H-].[Na+]. The maximum atomic E-state index is 10.8. The first-order valence-corrected chi connectivity index (χ1v) is 3.39. The van der Waals surface area contributed by atoms with E-state index in [2.05, 4.69) is 10.7 Å². The fourth-order valence-electron chi connectivity index (χ4n) is 0.817. The molecule has 0 aromatic heterocycles. The van der Waals surface area contributed by atoms with Gasteiger partial charge < -0.3 is 11.4 Å². The van der Waals surface area contributed by atoms with E-state index in [1.54, 1.807) is 0 Å². The zero-order chi connectivity index (χ0) is 9.84. The molecule has 5 nitrogen and oxygen atoms in total. The molecule has 0 unspecified atom stereocenters. The monoisotopic (exact) mass is 205 g/mol. The van der Waals surface area contributed by atoms with Crippen molar-refractivity contribution in [3.8, 4) is 0 Å². The van der Waals surface area contributed by atoms with Crippen molar-refractivity contribution in [1.82, 2.24) is 0 Å². The summed E-state index contributed by atoms with van der Waals surface area (Å²) in [4.78, 5) is 25.2. The van der Waals surface area contributed by atoms with Crippen LogP contribution in [0.5, 0.6) is 0 Å². The maximum absolute atomic E-state index is 10.8. The van der Waals surface area contributed by atoms with E-state index < -0.39 is 11.9 Å². The summed E-state index contributed by atoms with van der Waals surface area (Å²) in [7, 11) is 0. The molecule has 0 aliphatic carbocycles. The number of carboxylic acid groups (broad SMARTS) is 1. The Labute approximate surface area is 104 Å². The molecule has 0 saturated carbocycles. The van der Waals surface area contributed by atoms with Crippen LogP contribution in [0, 0.1) is 0 Å². The molecule has 0 heterocycles. The van der Waals surface area contributed by atoms with Crippen LogP contribution in [-0.2, 0) is 4.84 Å². The van der Waals surface area contributed by atoms with E-state index in [0.717, 1.165) is 0 Å². The zero-order valence-electron chi connectivity index (χ0n) is 8.56. The summed E-state index contributed by atoms with van der Waals surface area (Å²) >= 11 is 0. The van der Waals surface area contributed by atoms with E-state index in [4.69, 9.17) is 5.11 Å². The molecule has 0 aliphatic heterocycles. The van der Waals surface area contributed by atoms with Gasteiger partial charge in [0.15, 0.2) is 0 Å². The Hall–Kier alpha value is -0.880. The van der Waals surface area contributed by atoms with Crippen LogP contribution < -0.4 is 35.5 Å².